The summed E-state index contributed by atoms with van der Waals surface area (Å²) in [4.78, 5) is 14.1. The summed E-state index contributed by atoms with van der Waals surface area (Å²) >= 11 is 0. The van der Waals surface area contributed by atoms with Crippen LogP contribution in [0.15, 0.2) is 18.2 Å². The molecule has 0 saturated carbocycles. The van der Waals surface area contributed by atoms with Gasteiger partial charge in [0.05, 0.1) is 25.4 Å². The summed E-state index contributed by atoms with van der Waals surface area (Å²) in [6.07, 6.45) is -0.346. The van der Waals surface area contributed by atoms with E-state index in [1.165, 1.54) is 18.2 Å². The van der Waals surface area contributed by atoms with E-state index in [2.05, 4.69) is 0 Å². The molecule has 0 radical (unpaired) electrons. The third-order valence-corrected chi connectivity index (χ3v) is 3.39. The largest absolute Gasteiger partial charge is 0.394 e. The van der Waals surface area contributed by atoms with Gasteiger partial charge in [-0.25, -0.2) is 4.39 Å². The minimum atomic E-state index is -0.350. The average Bonchev–Trinajstić information content (AvgIpc) is 2.38. The van der Waals surface area contributed by atoms with E-state index in [0.717, 1.165) is 0 Å². The van der Waals surface area contributed by atoms with E-state index >= 15 is 0 Å². The predicted octanol–water partition coefficient (Wildman–Crippen LogP) is 1.36. The van der Waals surface area contributed by atoms with Crippen molar-refractivity contribution in [3.8, 4) is 0 Å². The van der Waals surface area contributed by atoms with Gasteiger partial charge in [0.15, 0.2) is 0 Å². The van der Waals surface area contributed by atoms with Crippen LogP contribution in [0.3, 0.4) is 0 Å². The third-order valence-electron chi connectivity index (χ3n) is 3.39. The molecule has 1 aliphatic heterocycles. The second kappa shape index (κ2) is 5.67. The zero-order valence-corrected chi connectivity index (χ0v) is 11.1. The highest BCUT2D eigenvalue weighted by molar-refractivity contribution is 5.95. The number of hydrogen-bond acceptors (Lipinski definition) is 3. The van der Waals surface area contributed by atoms with Crippen molar-refractivity contribution in [1.29, 1.82) is 0 Å². The van der Waals surface area contributed by atoms with Crippen molar-refractivity contribution in [3.05, 3.63) is 35.1 Å². The van der Waals surface area contributed by atoms with Crippen molar-refractivity contribution < 1.29 is 19.0 Å². The minimum Gasteiger partial charge on any atom is -0.394 e. The van der Waals surface area contributed by atoms with Crippen LogP contribution < -0.4 is 0 Å². The number of amides is 1. The number of aliphatic hydroxyl groups excluding tert-OH is 1. The highest BCUT2D eigenvalue weighted by Gasteiger charge is 2.30. The number of benzene rings is 1. The summed E-state index contributed by atoms with van der Waals surface area (Å²) < 4.78 is 18.5. The number of nitrogens with zero attached hydrogens (tertiary/aromatic N) is 1. The fourth-order valence-electron chi connectivity index (χ4n) is 2.23. The second-order valence-corrected chi connectivity index (χ2v) is 4.90. The van der Waals surface area contributed by atoms with Gasteiger partial charge in [-0.2, -0.15) is 0 Å². The zero-order chi connectivity index (χ0) is 14.0. The lowest BCUT2D eigenvalue weighted by atomic mass is 10.1. The van der Waals surface area contributed by atoms with E-state index in [0.29, 0.717) is 24.3 Å². The van der Waals surface area contributed by atoms with Gasteiger partial charge in [-0.3, -0.25) is 4.79 Å². The Hall–Kier alpha value is -1.46. The number of ether oxygens (including phenoxy) is 1. The summed E-state index contributed by atoms with van der Waals surface area (Å²) in [5.41, 5.74) is 1.11. The van der Waals surface area contributed by atoms with Crippen molar-refractivity contribution in [2.75, 3.05) is 19.8 Å². The summed E-state index contributed by atoms with van der Waals surface area (Å²) in [5.74, 6) is -0.496. The second-order valence-electron chi connectivity index (χ2n) is 4.90. The molecule has 1 aliphatic rings. The highest BCUT2D eigenvalue weighted by atomic mass is 19.1. The first-order valence-electron chi connectivity index (χ1n) is 6.32. The number of aryl methyl sites for hydroxylation is 1. The van der Waals surface area contributed by atoms with Crippen molar-refractivity contribution in [3.63, 3.8) is 0 Å². The SMILES string of the molecule is Cc1cc(F)ccc1C(=O)N1CC(CO)OCC1C. The Morgan fingerprint density at radius 2 is 2.32 bits per heavy atom. The average molecular weight is 267 g/mol. The molecule has 1 N–H and O–H groups in total. The molecule has 104 valence electrons. The lowest BCUT2D eigenvalue weighted by Gasteiger charge is -2.37. The Morgan fingerprint density at radius 1 is 1.58 bits per heavy atom. The van der Waals surface area contributed by atoms with Gasteiger partial charge in [0, 0.05) is 12.1 Å². The molecule has 0 spiro atoms. The number of halogens is 1. The fourth-order valence-corrected chi connectivity index (χ4v) is 2.23. The lowest BCUT2D eigenvalue weighted by Crippen LogP contribution is -2.52. The molecule has 1 saturated heterocycles. The quantitative estimate of drug-likeness (QED) is 0.880. The Balaban J connectivity index is 2.22. The van der Waals surface area contributed by atoms with E-state index in [-0.39, 0.29) is 30.5 Å². The first-order valence-corrected chi connectivity index (χ1v) is 6.32. The Kier molecular flexibility index (Phi) is 4.17. The van der Waals surface area contributed by atoms with E-state index in [9.17, 15) is 9.18 Å². The molecule has 2 unspecified atom stereocenters. The molecule has 0 aliphatic carbocycles. The maximum absolute atomic E-state index is 13.1. The van der Waals surface area contributed by atoms with Crippen LogP contribution in [-0.2, 0) is 4.74 Å². The van der Waals surface area contributed by atoms with Crippen molar-refractivity contribution in [2.24, 2.45) is 0 Å². The molecule has 1 aromatic rings. The Labute approximate surface area is 111 Å². The molecule has 5 heteroatoms. The fraction of sp³-hybridized carbons (Fsp3) is 0.500. The summed E-state index contributed by atoms with van der Waals surface area (Å²) in [6.45, 7) is 4.25. The Bertz CT molecular complexity index is 478. The monoisotopic (exact) mass is 267 g/mol. The molecular formula is C14H18FNO3. The van der Waals surface area contributed by atoms with Gasteiger partial charge in [0.2, 0.25) is 0 Å². The Morgan fingerprint density at radius 3 is 2.95 bits per heavy atom. The lowest BCUT2D eigenvalue weighted by molar-refractivity contribution is -0.0667. The third kappa shape index (κ3) is 2.93. The van der Waals surface area contributed by atoms with Crippen LogP contribution in [-0.4, -0.2) is 47.8 Å². The molecule has 1 heterocycles. The van der Waals surface area contributed by atoms with Gasteiger partial charge in [-0.1, -0.05) is 0 Å². The molecule has 0 bridgehead atoms. The first-order chi connectivity index (χ1) is 9.02. The molecule has 2 rings (SSSR count). The molecule has 1 fully saturated rings. The first kappa shape index (κ1) is 14.0. The molecular weight excluding hydrogens is 249 g/mol. The molecule has 4 nitrogen and oxygen atoms in total. The van der Waals surface area contributed by atoms with Crippen LogP contribution in [0.25, 0.3) is 0 Å². The van der Waals surface area contributed by atoms with Crippen LogP contribution in [0.1, 0.15) is 22.8 Å². The van der Waals surface area contributed by atoms with Crippen molar-refractivity contribution >= 4 is 5.91 Å². The van der Waals surface area contributed by atoms with E-state index in [1.54, 1.807) is 11.8 Å². The normalized spacial score (nSPS) is 23.5. The number of carbonyl (C=O) groups excluding carboxylic acids is 1. The number of carbonyl (C=O) groups is 1. The van der Waals surface area contributed by atoms with Crippen LogP contribution in [0.4, 0.5) is 4.39 Å². The van der Waals surface area contributed by atoms with E-state index in [4.69, 9.17) is 9.84 Å². The van der Waals surface area contributed by atoms with Crippen LogP contribution in [0, 0.1) is 12.7 Å². The van der Waals surface area contributed by atoms with E-state index < -0.39 is 0 Å². The molecule has 0 aromatic heterocycles. The maximum Gasteiger partial charge on any atom is 0.254 e. The summed E-state index contributed by atoms with van der Waals surface area (Å²) in [5, 5.41) is 9.13. The topological polar surface area (TPSA) is 49.8 Å². The van der Waals surface area contributed by atoms with E-state index in [1.807, 2.05) is 6.92 Å². The number of aliphatic hydroxyl groups is 1. The van der Waals surface area contributed by atoms with Crippen LogP contribution in [0.2, 0.25) is 0 Å². The summed E-state index contributed by atoms with van der Waals surface area (Å²) in [7, 11) is 0. The minimum absolute atomic E-state index is 0.0558. The van der Waals surface area contributed by atoms with Gasteiger partial charge < -0.3 is 14.7 Å². The van der Waals surface area contributed by atoms with Gasteiger partial charge in [-0.05, 0) is 37.6 Å². The van der Waals surface area contributed by atoms with Gasteiger partial charge in [0.1, 0.15) is 5.82 Å². The number of rotatable bonds is 2. The van der Waals surface area contributed by atoms with Crippen LogP contribution in [0.5, 0.6) is 0 Å². The highest BCUT2D eigenvalue weighted by Crippen LogP contribution is 2.18. The maximum atomic E-state index is 13.1. The smallest absolute Gasteiger partial charge is 0.254 e. The van der Waals surface area contributed by atoms with Gasteiger partial charge in [-0.15, -0.1) is 0 Å². The zero-order valence-electron chi connectivity index (χ0n) is 11.1. The molecule has 1 aromatic carbocycles. The van der Waals surface area contributed by atoms with Gasteiger partial charge in [0.25, 0.3) is 5.91 Å². The van der Waals surface area contributed by atoms with Gasteiger partial charge >= 0.3 is 0 Å². The predicted molar refractivity (Wildman–Crippen MR) is 68.5 cm³/mol. The van der Waals surface area contributed by atoms with Crippen molar-refractivity contribution in [1.82, 2.24) is 4.90 Å². The van der Waals surface area contributed by atoms with Crippen LogP contribution >= 0.6 is 0 Å². The standard InChI is InChI=1S/C14H18FNO3/c1-9-5-11(15)3-4-13(9)14(18)16-6-12(7-17)19-8-10(16)2/h3-5,10,12,17H,6-8H2,1-2H3. The van der Waals surface area contributed by atoms with Crippen molar-refractivity contribution in [2.45, 2.75) is 26.0 Å². The molecule has 1 amide bonds. The molecule has 19 heavy (non-hydrogen) atoms. The number of morpholine rings is 1. The number of hydrogen-bond donors (Lipinski definition) is 1. The summed E-state index contributed by atoms with van der Waals surface area (Å²) in [6, 6.07) is 4.08. The molecule has 2 atom stereocenters.